The zero-order valence-electron chi connectivity index (χ0n) is 16.1. The van der Waals surface area contributed by atoms with Crippen molar-refractivity contribution in [3.05, 3.63) is 24.4 Å². The molecule has 0 saturated carbocycles. The van der Waals surface area contributed by atoms with Gasteiger partial charge in [-0.05, 0) is 37.4 Å². The Kier molecular flexibility index (Phi) is 7.26. The van der Waals surface area contributed by atoms with Crippen LogP contribution in [0.25, 0.3) is 0 Å². The summed E-state index contributed by atoms with van der Waals surface area (Å²) in [5, 5.41) is 3.30. The second-order valence-electron chi connectivity index (χ2n) is 7.39. The molecule has 3 heterocycles. The number of amides is 1. The summed E-state index contributed by atoms with van der Waals surface area (Å²) in [5.41, 5.74) is 0. The summed E-state index contributed by atoms with van der Waals surface area (Å²) in [4.78, 5) is 23.7. The highest BCUT2D eigenvalue weighted by Gasteiger charge is 2.22. The van der Waals surface area contributed by atoms with E-state index < -0.39 is 0 Å². The van der Waals surface area contributed by atoms with Crippen molar-refractivity contribution in [2.24, 2.45) is 5.92 Å². The van der Waals surface area contributed by atoms with Crippen LogP contribution >= 0.6 is 0 Å². The third-order valence-corrected chi connectivity index (χ3v) is 5.66. The smallest absolute Gasteiger partial charge is 0.223 e. The maximum absolute atomic E-state index is 12.4. The molecule has 0 radical (unpaired) electrons. The number of rotatable bonds is 7. The minimum Gasteiger partial charge on any atom is -0.357 e. The van der Waals surface area contributed by atoms with Crippen molar-refractivity contribution in [2.45, 2.75) is 26.2 Å². The first-order valence-corrected chi connectivity index (χ1v) is 10.1. The molecule has 2 aliphatic rings. The SMILES string of the molecule is CCN(CCC(=O)N1CCNCC1)CC1CCN(c2ccccn2)CC1. The number of hydrogen-bond donors (Lipinski definition) is 1. The Hall–Kier alpha value is -1.66. The first-order valence-electron chi connectivity index (χ1n) is 10.1. The molecule has 2 aliphatic heterocycles. The van der Waals surface area contributed by atoms with Crippen LogP contribution in [0.1, 0.15) is 26.2 Å². The van der Waals surface area contributed by atoms with Crippen LogP contribution in [-0.2, 0) is 4.79 Å². The zero-order chi connectivity index (χ0) is 18.2. The Balaban J connectivity index is 1.39. The highest BCUT2D eigenvalue weighted by Crippen LogP contribution is 2.22. The van der Waals surface area contributed by atoms with E-state index in [1.54, 1.807) is 0 Å². The van der Waals surface area contributed by atoms with Gasteiger partial charge in [-0.3, -0.25) is 4.79 Å². The average Bonchev–Trinajstić information content (AvgIpc) is 2.72. The molecule has 1 aromatic heterocycles. The van der Waals surface area contributed by atoms with Crippen molar-refractivity contribution in [1.82, 2.24) is 20.1 Å². The summed E-state index contributed by atoms with van der Waals surface area (Å²) in [6.45, 7) is 11.0. The molecule has 6 nitrogen and oxygen atoms in total. The number of piperidine rings is 1. The number of carbonyl (C=O) groups is 1. The number of carbonyl (C=O) groups excluding carboxylic acids is 1. The topological polar surface area (TPSA) is 51.7 Å². The van der Waals surface area contributed by atoms with Crippen LogP contribution in [0.3, 0.4) is 0 Å². The summed E-state index contributed by atoms with van der Waals surface area (Å²) < 4.78 is 0. The predicted octanol–water partition coefficient (Wildman–Crippen LogP) is 1.44. The molecule has 144 valence electrons. The van der Waals surface area contributed by atoms with E-state index in [2.05, 4.69) is 39.2 Å². The fraction of sp³-hybridized carbons (Fsp3) is 0.700. The van der Waals surface area contributed by atoms with E-state index in [-0.39, 0.29) is 0 Å². The minimum absolute atomic E-state index is 0.315. The molecular weight excluding hydrogens is 326 g/mol. The van der Waals surface area contributed by atoms with E-state index in [1.807, 2.05) is 17.2 Å². The van der Waals surface area contributed by atoms with E-state index in [0.717, 1.165) is 70.6 Å². The number of hydrogen-bond acceptors (Lipinski definition) is 5. The maximum Gasteiger partial charge on any atom is 0.223 e. The monoisotopic (exact) mass is 359 g/mol. The lowest BCUT2D eigenvalue weighted by Gasteiger charge is -2.35. The Morgan fingerprint density at radius 3 is 2.65 bits per heavy atom. The van der Waals surface area contributed by atoms with Gasteiger partial charge in [-0.25, -0.2) is 4.98 Å². The number of anilines is 1. The molecule has 2 saturated heterocycles. The summed E-state index contributed by atoms with van der Waals surface area (Å²) in [5.74, 6) is 2.14. The number of nitrogens with one attached hydrogen (secondary N) is 1. The summed E-state index contributed by atoms with van der Waals surface area (Å²) >= 11 is 0. The molecule has 6 heteroatoms. The largest absolute Gasteiger partial charge is 0.357 e. The summed E-state index contributed by atoms with van der Waals surface area (Å²) in [6.07, 6.45) is 4.94. The molecule has 3 rings (SSSR count). The van der Waals surface area contributed by atoms with Gasteiger partial charge in [0.1, 0.15) is 5.82 Å². The van der Waals surface area contributed by atoms with E-state index in [0.29, 0.717) is 12.3 Å². The van der Waals surface area contributed by atoms with Gasteiger partial charge >= 0.3 is 0 Å². The number of aromatic nitrogens is 1. The third kappa shape index (κ3) is 5.42. The van der Waals surface area contributed by atoms with E-state index in [9.17, 15) is 4.79 Å². The van der Waals surface area contributed by atoms with Crippen molar-refractivity contribution >= 4 is 11.7 Å². The average molecular weight is 360 g/mol. The second kappa shape index (κ2) is 9.88. The van der Waals surface area contributed by atoms with Crippen molar-refractivity contribution in [2.75, 3.05) is 63.8 Å². The molecule has 0 spiro atoms. The zero-order valence-corrected chi connectivity index (χ0v) is 16.1. The van der Waals surface area contributed by atoms with Crippen molar-refractivity contribution in [3.63, 3.8) is 0 Å². The van der Waals surface area contributed by atoms with Gasteiger partial charge in [0.15, 0.2) is 0 Å². The molecule has 26 heavy (non-hydrogen) atoms. The fourth-order valence-corrected chi connectivity index (χ4v) is 3.96. The molecule has 1 amide bonds. The Bertz CT molecular complexity index is 538. The van der Waals surface area contributed by atoms with Gasteiger partial charge in [-0.1, -0.05) is 13.0 Å². The standard InChI is InChI=1S/C20H33N5O/c1-2-23(12-8-20(26)25-15-10-21-11-16-25)17-18-6-13-24(14-7-18)19-5-3-4-9-22-19/h3-5,9,18,21H,2,6-8,10-17H2,1H3. The Labute approximate surface area is 157 Å². The van der Waals surface area contributed by atoms with Gasteiger partial charge in [0.25, 0.3) is 0 Å². The molecule has 0 bridgehead atoms. The molecule has 0 atom stereocenters. The summed E-state index contributed by atoms with van der Waals surface area (Å²) in [7, 11) is 0. The minimum atomic E-state index is 0.315. The van der Waals surface area contributed by atoms with E-state index in [1.165, 1.54) is 12.8 Å². The van der Waals surface area contributed by atoms with Crippen molar-refractivity contribution in [3.8, 4) is 0 Å². The normalized spacial score (nSPS) is 19.2. The molecule has 0 unspecified atom stereocenters. The van der Waals surface area contributed by atoms with Gasteiger partial charge < -0.3 is 20.0 Å². The van der Waals surface area contributed by atoms with Crippen LogP contribution in [0.4, 0.5) is 5.82 Å². The van der Waals surface area contributed by atoms with Crippen molar-refractivity contribution < 1.29 is 4.79 Å². The van der Waals surface area contributed by atoms with Crippen molar-refractivity contribution in [1.29, 1.82) is 0 Å². The van der Waals surface area contributed by atoms with Gasteiger partial charge in [0, 0.05) is 65.0 Å². The van der Waals surface area contributed by atoms with E-state index >= 15 is 0 Å². The third-order valence-electron chi connectivity index (χ3n) is 5.66. The molecule has 0 aromatic carbocycles. The first-order chi connectivity index (χ1) is 12.8. The van der Waals surface area contributed by atoms with Crippen LogP contribution in [-0.4, -0.2) is 79.6 Å². The molecule has 1 aromatic rings. The predicted molar refractivity (Wildman–Crippen MR) is 105 cm³/mol. The molecule has 0 aliphatic carbocycles. The Morgan fingerprint density at radius 1 is 1.23 bits per heavy atom. The first kappa shape index (κ1) is 19.1. The molecular formula is C20H33N5O. The van der Waals surface area contributed by atoms with Gasteiger partial charge in [0.05, 0.1) is 0 Å². The van der Waals surface area contributed by atoms with Crippen LogP contribution in [0.15, 0.2) is 24.4 Å². The summed E-state index contributed by atoms with van der Waals surface area (Å²) in [6, 6.07) is 6.13. The highest BCUT2D eigenvalue weighted by molar-refractivity contribution is 5.76. The van der Waals surface area contributed by atoms with Gasteiger partial charge in [0.2, 0.25) is 5.91 Å². The van der Waals surface area contributed by atoms with Crippen LogP contribution in [0.5, 0.6) is 0 Å². The van der Waals surface area contributed by atoms with Gasteiger partial charge in [-0.2, -0.15) is 0 Å². The number of piperazine rings is 1. The fourth-order valence-electron chi connectivity index (χ4n) is 3.96. The second-order valence-corrected chi connectivity index (χ2v) is 7.39. The lowest BCUT2D eigenvalue weighted by atomic mass is 9.96. The van der Waals surface area contributed by atoms with Gasteiger partial charge in [-0.15, -0.1) is 0 Å². The lowest BCUT2D eigenvalue weighted by Crippen LogP contribution is -2.47. The lowest BCUT2D eigenvalue weighted by molar-refractivity contribution is -0.132. The molecule has 2 fully saturated rings. The van der Waals surface area contributed by atoms with Crippen LogP contribution in [0, 0.1) is 5.92 Å². The quantitative estimate of drug-likeness (QED) is 0.798. The number of pyridine rings is 1. The van der Waals surface area contributed by atoms with Crippen LogP contribution in [0.2, 0.25) is 0 Å². The Morgan fingerprint density at radius 2 is 2.00 bits per heavy atom. The number of nitrogens with zero attached hydrogens (tertiary/aromatic N) is 4. The maximum atomic E-state index is 12.4. The molecule has 1 N–H and O–H groups in total. The highest BCUT2D eigenvalue weighted by atomic mass is 16.2. The van der Waals surface area contributed by atoms with E-state index in [4.69, 9.17) is 0 Å². The van der Waals surface area contributed by atoms with Crippen LogP contribution < -0.4 is 10.2 Å².